The third-order valence-electron chi connectivity index (χ3n) is 3.21. The lowest BCUT2D eigenvalue weighted by atomic mass is 9.96. The fraction of sp³-hybridized carbons (Fsp3) is 0.417. The van der Waals surface area contributed by atoms with Crippen molar-refractivity contribution < 1.29 is 0 Å². The summed E-state index contributed by atoms with van der Waals surface area (Å²) >= 11 is 6.24. The van der Waals surface area contributed by atoms with Crippen LogP contribution >= 0.6 is 11.6 Å². The number of halogens is 1. The van der Waals surface area contributed by atoms with Gasteiger partial charge in [0, 0.05) is 18.7 Å². The molecule has 1 aliphatic heterocycles. The van der Waals surface area contributed by atoms with Gasteiger partial charge in [0.15, 0.2) is 5.15 Å². The molecular formula is C12H14ClN3. The Morgan fingerprint density at radius 1 is 1.44 bits per heavy atom. The van der Waals surface area contributed by atoms with Crippen molar-refractivity contribution in [3.63, 3.8) is 0 Å². The molecule has 3 rings (SSSR count). The minimum Gasteiger partial charge on any atom is -0.316 e. The van der Waals surface area contributed by atoms with Gasteiger partial charge >= 0.3 is 0 Å². The van der Waals surface area contributed by atoms with Crippen LogP contribution in [0.5, 0.6) is 0 Å². The molecule has 0 spiro atoms. The molecule has 1 unspecified atom stereocenters. The average molecular weight is 236 g/mol. The van der Waals surface area contributed by atoms with Crippen LogP contribution in [0.25, 0.3) is 5.65 Å². The van der Waals surface area contributed by atoms with Gasteiger partial charge in [-0.15, -0.1) is 0 Å². The number of hydrogen-bond donors (Lipinski definition) is 1. The summed E-state index contributed by atoms with van der Waals surface area (Å²) in [6.45, 7) is 2.12. The Balaban J connectivity index is 2.10. The van der Waals surface area contributed by atoms with Gasteiger partial charge in [0.2, 0.25) is 0 Å². The lowest BCUT2D eigenvalue weighted by Gasteiger charge is -2.22. The summed E-state index contributed by atoms with van der Waals surface area (Å²) in [5, 5.41) is 4.07. The van der Waals surface area contributed by atoms with Gasteiger partial charge in [-0.05, 0) is 31.5 Å². The molecule has 1 aliphatic rings. The first-order chi connectivity index (χ1) is 7.86. The first kappa shape index (κ1) is 10.1. The van der Waals surface area contributed by atoms with E-state index in [-0.39, 0.29) is 0 Å². The molecule has 0 amide bonds. The van der Waals surface area contributed by atoms with Crippen LogP contribution in [0.2, 0.25) is 5.15 Å². The second-order valence-electron chi connectivity index (χ2n) is 4.26. The van der Waals surface area contributed by atoms with E-state index in [0.717, 1.165) is 24.4 Å². The Hall–Kier alpha value is -1.06. The number of imidazole rings is 1. The third-order valence-corrected chi connectivity index (χ3v) is 3.48. The van der Waals surface area contributed by atoms with E-state index in [9.17, 15) is 0 Å². The second kappa shape index (κ2) is 4.07. The zero-order valence-electron chi connectivity index (χ0n) is 8.99. The highest BCUT2D eigenvalue weighted by Gasteiger charge is 2.22. The van der Waals surface area contributed by atoms with Crippen LogP contribution in [-0.2, 0) is 0 Å². The van der Waals surface area contributed by atoms with Crippen molar-refractivity contribution in [3.05, 3.63) is 35.2 Å². The topological polar surface area (TPSA) is 29.3 Å². The summed E-state index contributed by atoms with van der Waals surface area (Å²) in [6, 6.07) is 6.00. The van der Waals surface area contributed by atoms with Crippen LogP contribution < -0.4 is 5.32 Å². The Labute approximate surface area is 99.4 Å². The fourth-order valence-corrected chi connectivity index (χ4v) is 2.77. The molecule has 2 aromatic rings. The standard InChI is InChI=1S/C12H14ClN3/c13-12-11(9-4-3-6-14-8-9)16-7-2-1-5-10(16)15-12/h1-2,5,7,9,14H,3-4,6,8H2. The van der Waals surface area contributed by atoms with Gasteiger partial charge in [-0.2, -0.15) is 0 Å². The van der Waals surface area contributed by atoms with Crippen molar-refractivity contribution in [3.8, 4) is 0 Å². The first-order valence-electron chi connectivity index (χ1n) is 5.69. The maximum absolute atomic E-state index is 6.24. The smallest absolute Gasteiger partial charge is 0.151 e. The Morgan fingerprint density at radius 2 is 2.38 bits per heavy atom. The van der Waals surface area contributed by atoms with Gasteiger partial charge in [0.25, 0.3) is 0 Å². The van der Waals surface area contributed by atoms with E-state index < -0.39 is 0 Å². The minimum atomic E-state index is 0.485. The van der Waals surface area contributed by atoms with Crippen molar-refractivity contribution in [2.45, 2.75) is 18.8 Å². The summed E-state index contributed by atoms with van der Waals surface area (Å²) in [6.07, 6.45) is 4.44. The zero-order chi connectivity index (χ0) is 11.0. The molecular weight excluding hydrogens is 222 g/mol. The van der Waals surface area contributed by atoms with Gasteiger partial charge in [0.1, 0.15) is 5.65 Å². The van der Waals surface area contributed by atoms with E-state index in [1.165, 1.54) is 12.8 Å². The van der Waals surface area contributed by atoms with E-state index in [0.29, 0.717) is 11.1 Å². The summed E-state index contributed by atoms with van der Waals surface area (Å²) < 4.78 is 2.11. The van der Waals surface area contributed by atoms with Gasteiger partial charge in [-0.1, -0.05) is 17.7 Å². The largest absolute Gasteiger partial charge is 0.316 e. The maximum atomic E-state index is 6.24. The van der Waals surface area contributed by atoms with E-state index in [1.807, 2.05) is 24.4 Å². The van der Waals surface area contributed by atoms with Gasteiger partial charge in [-0.25, -0.2) is 4.98 Å². The normalized spacial score (nSPS) is 21.4. The second-order valence-corrected chi connectivity index (χ2v) is 4.62. The number of pyridine rings is 1. The quantitative estimate of drug-likeness (QED) is 0.823. The molecule has 1 N–H and O–H groups in total. The molecule has 1 fully saturated rings. The minimum absolute atomic E-state index is 0.485. The molecule has 0 bridgehead atoms. The van der Waals surface area contributed by atoms with Gasteiger partial charge in [0.05, 0.1) is 5.69 Å². The average Bonchev–Trinajstić information content (AvgIpc) is 2.66. The Bertz CT molecular complexity index is 500. The van der Waals surface area contributed by atoms with Gasteiger partial charge < -0.3 is 9.72 Å². The number of aromatic nitrogens is 2. The van der Waals surface area contributed by atoms with E-state index >= 15 is 0 Å². The molecule has 1 atom stereocenters. The molecule has 84 valence electrons. The molecule has 0 aliphatic carbocycles. The van der Waals surface area contributed by atoms with E-state index in [2.05, 4.69) is 14.7 Å². The Kier molecular flexibility index (Phi) is 2.58. The number of hydrogen-bond acceptors (Lipinski definition) is 2. The van der Waals surface area contributed by atoms with Crippen molar-refractivity contribution in [2.75, 3.05) is 13.1 Å². The monoisotopic (exact) mass is 235 g/mol. The van der Waals surface area contributed by atoms with Crippen LogP contribution in [0.1, 0.15) is 24.5 Å². The number of nitrogens with one attached hydrogen (secondary N) is 1. The van der Waals surface area contributed by atoms with Crippen molar-refractivity contribution in [2.24, 2.45) is 0 Å². The summed E-state index contributed by atoms with van der Waals surface area (Å²) in [5.41, 5.74) is 2.09. The van der Waals surface area contributed by atoms with Gasteiger partial charge in [-0.3, -0.25) is 0 Å². The van der Waals surface area contributed by atoms with Crippen molar-refractivity contribution in [1.29, 1.82) is 0 Å². The van der Waals surface area contributed by atoms with Crippen LogP contribution in [0.4, 0.5) is 0 Å². The Morgan fingerprint density at radius 3 is 3.19 bits per heavy atom. The molecule has 0 saturated carbocycles. The number of piperidine rings is 1. The predicted octanol–water partition coefficient (Wildman–Crippen LogP) is 2.45. The van der Waals surface area contributed by atoms with Crippen LogP contribution in [0.15, 0.2) is 24.4 Å². The highest BCUT2D eigenvalue weighted by atomic mass is 35.5. The molecule has 3 nitrogen and oxygen atoms in total. The molecule has 2 aromatic heterocycles. The number of nitrogens with zero attached hydrogens (tertiary/aromatic N) is 2. The summed E-state index contributed by atoms with van der Waals surface area (Å²) in [4.78, 5) is 4.39. The first-order valence-corrected chi connectivity index (χ1v) is 6.07. The molecule has 3 heterocycles. The molecule has 0 aromatic carbocycles. The van der Waals surface area contributed by atoms with Crippen molar-refractivity contribution in [1.82, 2.24) is 14.7 Å². The van der Waals surface area contributed by atoms with E-state index in [1.54, 1.807) is 0 Å². The lowest BCUT2D eigenvalue weighted by Crippen LogP contribution is -2.29. The third kappa shape index (κ3) is 1.60. The SMILES string of the molecule is Clc1nc2ccccn2c1C1CCCNC1. The number of rotatable bonds is 1. The molecule has 16 heavy (non-hydrogen) atoms. The highest BCUT2D eigenvalue weighted by Crippen LogP contribution is 2.29. The number of fused-ring (bicyclic) bond motifs is 1. The molecule has 0 radical (unpaired) electrons. The van der Waals surface area contributed by atoms with Crippen LogP contribution in [0.3, 0.4) is 0 Å². The predicted molar refractivity (Wildman–Crippen MR) is 65.0 cm³/mol. The highest BCUT2D eigenvalue weighted by molar-refractivity contribution is 6.30. The fourth-order valence-electron chi connectivity index (χ4n) is 2.44. The zero-order valence-corrected chi connectivity index (χ0v) is 9.74. The van der Waals surface area contributed by atoms with Crippen LogP contribution in [-0.4, -0.2) is 22.5 Å². The molecule has 4 heteroatoms. The van der Waals surface area contributed by atoms with Crippen molar-refractivity contribution >= 4 is 17.2 Å². The van der Waals surface area contributed by atoms with Crippen LogP contribution in [0, 0.1) is 0 Å². The maximum Gasteiger partial charge on any atom is 0.151 e. The molecule has 1 saturated heterocycles. The lowest BCUT2D eigenvalue weighted by molar-refractivity contribution is 0.453. The van der Waals surface area contributed by atoms with E-state index in [4.69, 9.17) is 11.6 Å². The summed E-state index contributed by atoms with van der Waals surface area (Å²) in [5.74, 6) is 0.485. The summed E-state index contributed by atoms with van der Waals surface area (Å²) in [7, 11) is 0.